The van der Waals surface area contributed by atoms with E-state index in [9.17, 15) is 8.42 Å². The number of rotatable bonds is 7. The monoisotopic (exact) mass is 316 g/mol. The first kappa shape index (κ1) is 16.5. The van der Waals surface area contributed by atoms with Crippen molar-refractivity contribution in [1.29, 1.82) is 0 Å². The Morgan fingerprint density at radius 1 is 1.48 bits per heavy atom. The van der Waals surface area contributed by atoms with Crippen molar-refractivity contribution in [2.45, 2.75) is 43.9 Å². The Kier molecular flexibility index (Phi) is 5.80. The summed E-state index contributed by atoms with van der Waals surface area (Å²) in [6.45, 7) is 4.16. The van der Waals surface area contributed by atoms with Crippen LogP contribution in [0.2, 0.25) is 0 Å². The summed E-state index contributed by atoms with van der Waals surface area (Å²) >= 11 is 0. The maximum Gasteiger partial charge on any atom is 0.276 e. The number of nitrogens with zero attached hydrogens (tertiary/aromatic N) is 1. The van der Waals surface area contributed by atoms with Gasteiger partial charge in [-0.2, -0.15) is 4.31 Å². The van der Waals surface area contributed by atoms with Crippen molar-refractivity contribution in [3.8, 4) is 0 Å². The molecular weight excluding hydrogens is 292 g/mol. The lowest BCUT2D eigenvalue weighted by Gasteiger charge is -2.31. The van der Waals surface area contributed by atoms with Crippen molar-refractivity contribution < 1.29 is 17.6 Å². The fourth-order valence-electron chi connectivity index (χ4n) is 2.44. The molecule has 1 atom stereocenters. The number of nitrogens with one attached hydrogen (secondary N) is 1. The van der Waals surface area contributed by atoms with Crippen molar-refractivity contribution in [2.24, 2.45) is 0 Å². The number of furan rings is 1. The molecule has 1 unspecified atom stereocenters. The lowest BCUT2D eigenvalue weighted by molar-refractivity contribution is 0.0190. The molecule has 0 radical (unpaired) electrons. The first-order valence-electron chi connectivity index (χ1n) is 7.43. The van der Waals surface area contributed by atoms with Gasteiger partial charge in [0.15, 0.2) is 0 Å². The SMILES string of the molecule is CCCOC1CCCN(S(=O)(=O)c2ccc(CNC)o2)C1. The molecule has 0 aliphatic carbocycles. The molecule has 7 heteroatoms. The first-order chi connectivity index (χ1) is 10.1. The maximum atomic E-state index is 12.6. The molecule has 1 aromatic heterocycles. The minimum atomic E-state index is -3.56. The van der Waals surface area contributed by atoms with Gasteiger partial charge in [0.05, 0.1) is 12.6 Å². The van der Waals surface area contributed by atoms with Crippen LogP contribution in [0.15, 0.2) is 21.6 Å². The Morgan fingerprint density at radius 2 is 2.29 bits per heavy atom. The molecule has 1 N–H and O–H groups in total. The molecule has 0 bridgehead atoms. The van der Waals surface area contributed by atoms with E-state index in [0.717, 1.165) is 19.3 Å². The van der Waals surface area contributed by atoms with Gasteiger partial charge in [0.1, 0.15) is 5.76 Å². The van der Waals surface area contributed by atoms with Gasteiger partial charge in [-0.15, -0.1) is 0 Å². The van der Waals surface area contributed by atoms with E-state index in [1.54, 1.807) is 13.1 Å². The third-order valence-corrected chi connectivity index (χ3v) is 5.22. The average molecular weight is 316 g/mol. The van der Waals surface area contributed by atoms with Crippen molar-refractivity contribution >= 4 is 10.0 Å². The Morgan fingerprint density at radius 3 is 3.00 bits per heavy atom. The normalized spacial score (nSPS) is 20.8. The number of piperidine rings is 1. The van der Waals surface area contributed by atoms with Gasteiger partial charge < -0.3 is 14.5 Å². The number of hydrogen-bond donors (Lipinski definition) is 1. The van der Waals surface area contributed by atoms with Crippen LogP contribution in [0.25, 0.3) is 0 Å². The molecule has 2 heterocycles. The summed E-state index contributed by atoms with van der Waals surface area (Å²) < 4.78 is 37.7. The number of hydrogen-bond acceptors (Lipinski definition) is 5. The van der Waals surface area contributed by atoms with Crippen molar-refractivity contribution in [2.75, 3.05) is 26.7 Å². The summed E-state index contributed by atoms with van der Waals surface area (Å²) in [7, 11) is -1.77. The van der Waals surface area contributed by atoms with E-state index in [2.05, 4.69) is 5.32 Å². The minimum absolute atomic E-state index is 0.0137. The maximum absolute atomic E-state index is 12.6. The second-order valence-electron chi connectivity index (χ2n) is 5.25. The van der Waals surface area contributed by atoms with Crippen LogP contribution in [0.4, 0.5) is 0 Å². The topological polar surface area (TPSA) is 71.8 Å². The van der Waals surface area contributed by atoms with E-state index in [4.69, 9.17) is 9.15 Å². The van der Waals surface area contributed by atoms with Gasteiger partial charge in [0.2, 0.25) is 5.09 Å². The lowest BCUT2D eigenvalue weighted by atomic mass is 10.1. The quantitative estimate of drug-likeness (QED) is 0.827. The second-order valence-corrected chi connectivity index (χ2v) is 7.12. The summed E-state index contributed by atoms with van der Waals surface area (Å²) in [5, 5.41) is 2.95. The summed E-state index contributed by atoms with van der Waals surface area (Å²) in [5.41, 5.74) is 0. The number of ether oxygens (including phenoxy) is 1. The van der Waals surface area contributed by atoms with Gasteiger partial charge in [-0.1, -0.05) is 6.92 Å². The van der Waals surface area contributed by atoms with E-state index in [-0.39, 0.29) is 11.2 Å². The summed E-state index contributed by atoms with van der Waals surface area (Å²) in [6, 6.07) is 3.22. The van der Waals surface area contributed by atoms with Crippen LogP contribution in [0, 0.1) is 0 Å². The van der Waals surface area contributed by atoms with E-state index in [1.807, 2.05) is 6.92 Å². The Balaban J connectivity index is 2.06. The lowest BCUT2D eigenvalue weighted by Crippen LogP contribution is -2.43. The van der Waals surface area contributed by atoms with Crippen LogP contribution in [-0.2, 0) is 21.3 Å². The molecule has 0 spiro atoms. The van der Waals surface area contributed by atoms with Crippen LogP contribution in [0.3, 0.4) is 0 Å². The molecule has 21 heavy (non-hydrogen) atoms. The van der Waals surface area contributed by atoms with Crippen LogP contribution in [0.5, 0.6) is 0 Å². The Labute approximate surface area is 126 Å². The highest BCUT2D eigenvalue weighted by Gasteiger charge is 2.32. The fourth-order valence-corrected chi connectivity index (χ4v) is 3.88. The molecule has 1 fully saturated rings. The predicted molar refractivity (Wildman–Crippen MR) is 79.5 cm³/mol. The molecule has 2 rings (SSSR count). The smallest absolute Gasteiger partial charge is 0.276 e. The highest BCUT2D eigenvalue weighted by Crippen LogP contribution is 2.23. The Bertz CT molecular complexity index is 541. The van der Waals surface area contributed by atoms with Crippen molar-refractivity contribution in [3.63, 3.8) is 0 Å². The second kappa shape index (κ2) is 7.40. The largest absolute Gasteiger partial charge is 0.447 e. The number of sulfonamides is 1. The molecule has 6 nitrogen and oxygen atoms in total. The zero-order valence-corrected chi connectivity index (χ0v) is 13.5. The van der Waals surface area contributed by atoms with E-state index < -0.39 is 10.0 Å². The van der Waals surface area contributed by atoms with Crippen molar-refractivity contribution in [1.82, 2.24) is 9.62 Å². The third kappa shape index (κ3) is 4.06. The highest BCUT2D eigenvalue weighted by molar-refractivity contribution is 7.89. The zero-order valence-electron chi connectivity index (χ0n) is 12.7. The summed E-state index contributed by atoms with van der Waals surface area (Å²) in [5.74, 6) is 0.617. The Hall–Kier alpha value is -0.890. The van der Waals surface area contributed by atoms with Crippen molar-refractivity contribution in [3.05, 3.63) is 17.9 Å². The molecule has 120 valence electrons. The molecule has 1 saturated heterocycles. The molecule has 0 aromatic carbocycles. The third-order valence-electron chi connectivity index (χ3n) is 3.48. The van der Waals surface area contributed by atoms with Gasteiger partial charge in [-0.3, -0.25) is 0 Å². The molecule has 1 aliphatic heterocycles. The van der Waals surface area contributed by atoms with Gasteiger partial charge >= 0.3 is 0 Å². The summed E-state index contributed by atoms with van der Waals surface area (Å²) in [4.78, 5) is 0. The zero-order chi connectivity index (χ0) is 15.3. The molecule has 0 saturated carbocycles. The fraction of sp³-hybridized carbons (Fsp3) is 0.714. The van der Waals surface area contributed by atoms with E-state index in [0.29, 0.717) is 32.0 Å². The van der Waals surface area contributed by atoms with Crippen LogP contribution < -0.4 is 5.32 Å². The predicted octanol–water partition coefficient (Wildman–Crippen LogP) is 1.58. The molecular formula is C14H24N2O4S. The summed E-state index contributed by atoms with van der Waals surface area (Å²) in [6.07, 6.45) is 2.65. The first-order valence-corrected chi connectivity index (χ1v) is 8.87. The molecule has 1 aliphatic rings. The van der Waals surface area contributed by atoms with Gasteiger partial charge in [0, 0.05) is 19.7 Å². The van der Waals surface area contributed by atoms with E-state index in [1.165, 1.54) is 10.4 Å². The highest BCUT2D eigenvalue weighted by atomic mass is 32.2. The molecule has 0 amide bonds. The van der Waals surface area contributed by atoms with Crippen LogP contribution in [-0.4, -0.2) is 45.6 Å². The molecule has 1 aromatic rings. The van der Waals surface area contributed by atoms with Crippen LogP contribution >= 0.6 is 0 Å². The van der Waals surface area contributed by atoms with Crippen LogP contribution in [0.1, 0.15) is 31.9 Å². The average Bonchev–Trinajstić information content (AvgIpc) is 2.95. The van der Waals surface area contributed by atoms with Gasteiger partial charge in [0.25, 0.3) is 10.0 Å². The standard InChI is InChI=1S/C14H24N2O4S/c1-3-9-19-13-5-4-8-16(11-13)21(17,18)14-7-6-12(20-14)10-15-2/h6-7,13,15H,3-5,8-11H2,1-2H3. The van der Waals surface area contributed by atoms with Gasteiger partial charge in [-0.05, 0) is 38.4 Å². The van der Waals surface area contributed by atoms with Gasteiger partial charge in [-0.25, -0.2) is 8.42 Å². The minimum Gasteiger partial charge on any atom is -0.447 e. The van der Waals surface area contributed by atoms with E-state index >= 15 is 0 Å².